The molecule has 0 spiro atoms. The van der Waals surface area contributed by atoms with E-state index in [4.69, 9.17) is 9.47 Å². The molecule has 0 radical (unpaired) electrons. The van der Waals surface area contributed by atoms with Crippen LogP contribution < -0.4 is 0 Å². The number of ether oxygens (including phenoxy) is 2. The molecule has 6 nitrogen and oxygen atoms in total. The number of para-hydroxylation sites is 1. The van der Waals surface area contributed by atoms with Gasteiger partial charge in [0.25, 0.3) is 0 Å². The largest absolute Gasteiger partial charge is 0.451 e. The molecule has 3 aromatic carbocycles. The molecule has 0 bridgehead atoms. The molecule has 4 aromatic rings. The second-order valence-electron chi connectivity index (χ2n) is 8.84. The van der Waals surface area contributed by atoms with Crippen LogP contribution in [0.15, 0.2) is 79.0 Å². The zero-order chi connectivity index (χ0) is 22.8. The third-order valence-corrected chi connectivity index (χ3v) is 7.03. The number of H-pyrrole nitrogens is 1. The summed E-state index contributed by atoms with van der Waals surface area (Å²) >= 11 is 0. The van der Waals surface area contributed by atoms with Gasteiger partial charge in [0.15, 0.2) is 11.9 Å². The third-order valence-electron chi connectivity index (χ3n) is 7.03. The van der Waals surface area contributed by atoms with E-state index in [1.54, 1.807) is 6.07 Å². The van der Waals surface area contributed by atoms with Crippen molar-refractivity contribution in [3.63, 3.8) is 0 Å². The summed E-state index contributed by atoms with van der Waals surface area (Å²) in [6, 6.07) is 22.9. The molecular formula is C28H20N2O4. The molecule has 4 heterocycles. The summed E-state index contributed by atoms with van der Waals surface area (Å²) < 4.78 is 11.6. The smallest absolute Gasteiger partial charge is 0.344 e. The van der Waals surface area contributed by atoms with E-state index < -0.39 is 6.10 Å². The van der Waals surface area contributed by atoms with Gasteiger partial charge in [0.1, 0.15) is 6.04 Å². The Kier molecular flexibility index (Phi) is 4.00. The standard InChI is InChI=1S/C28H20N2O4/c31-27-20-10-3-1-8-17(20)23(33-27)15-30-14-13-18-16-7-5-6-12-22(16)29-24(18)25(30)26-19-9-2-4-11-21(19)28(32)34-26/h1-12,15,25-26,29H,13-14H2. The molecule has 166 valence electrons. The topological polar surface area (TPSA) is 71.6 Å². The second kappa shape index (κ2) is 7.09. The first kappa shape index (κ1) is 19.2. The van der Waals surface area contributed by atoms with Crippen molar-refractivity contribution in [2.24, 2.45) is 0 Å². The van der Waals surface area contributed by atoms with Crippen LogP contribution in [0.2, 0.25) is 0 Å². The monoisotopic (exact) mass is 448 g/mol. The molecule has 3 aliphatic rings. The van der Waals surface area contributed by atoms with Crippen molar-refractivity contribution in [1.82, 2.24) is 9.88 Å². The molecule has 2 unspecified atom stereocenters. The summed E-state index contributed by atoms with van der Waals surface area (Å²) in [6.07, 6.45) is 2.23. The van der Waals surface area contributed by atoms with Gasteiger partial charge in [0, 0.05) is 40.5 Å². The number of esters is 2. The normalized spacial score (nSPS) is 21.9. The van der Waals surface area contributed by atoms with Gasteiger partial charge >= 0.3 is 11.9 Å². The van der Waals surface area contributed by atoms with E-state index in [1.165, 1.54) is 10.9 Å². The van der Waals surface area contributed by atoms with Gasteiger partial charge in [-0.25, -0.2) is 9.59 Å². The minimum Gasteiger partial charge on any atom is -0.451 e. The highest BCUT2D eigenvalue weighted by Crippen LogP contribution is 2.47. The summed E-state index contributed by atoms with van der Waals surface area (Å²) in [7, 11) is 0. The van der Waals surface area contributed by atoms with Crippen molar-refractivity contribution in [3.8, 4) is 0 Å². The fourth-order valence-electron chi connectivity index (χ4n) is 5.50. The van der Waals surface area contributed by atoms with Crippen molar-refractivity contribution in [1.29, 1.82) is 0 Å². The Balaban J connectivity index is 1.40. The number of carbonyl (C=O) groups excluding carboxylic acids is 2. The molecule has 0 saturated carbocycles. The molecular weight excluding hydrogens is 428 g/mol. The predicted octanol–water partition coefficient (Wildman–Crippen LogP) is 5.15. The predicted molar refractivity (Wildman–Crippen MR) is 126 cm³/mol. The van der Waals surface area contributed by atoms with Gasteiger partial charge in [-0.05, 0) is 30.2 Å². The lowest BCUT2D eigenvalue weighted by atomic mass is 9.90. The fraction of sp³-hybridized carbons (Fsp3) is 0.143. The number of hydrogen-bond acceptors (Lipinski definition) is 5. The van der Waals surface area contributed by atoms with E-state index in [-0.39, 0.29) is 18.0 Å². The molecule has 3 aliphatic heterocycles. The second-order valence-corrected chi connectivity index (χ2v) is 8.84. The van der Waals surface area contributed by atoms with Crippen LogP contribution in [0.25, 0.3) is 16.7 Å². The van der Waals surface area contributed by atoms with Crippen LogP contribution in [0.1, 0.15) is 55.2 Å². The number of fused-ring (bicyclic) bond motifs is 5. The SMILES string of the molecule is O=C1OC(=CN2CCc3c([nH]c4ccccc34)C2C2OC(=O)c3ccccc32)c2ccccc21. The van der Waals surface area contributed by atoms with Gasteiger partial charge < -0.3 is 19.4 Å². The number of rotatable bonds is 2. The quantitative estimate of drug-likeness (QED) is 0.430. The van der Waals surface area contributed by atoms with Crippen LogP contribution in [-0.4, -0.2) is 28.4 Å². The summed E-state index contributed by atoms with van der Waals surface area (Å²) in [5, 5.41) is 1.19. The fourth-order valence-corrected chi connectivity index (χ4v) is 5.50. The van der Waals surface area contributed by atoms with Crippen molar-refractivity contribution < 1.29 is 19.1 Å². The lowest BCUT2D eigenvalue weighted by Crippen LogP contribution is -2.35. The molecule has 0 saturated heterocycles. The van der Waals surface area contributed by atoms with Crippen LogP contribution in [0, 0.1) is 0 Å². The van der Waals surface area contributed by atoms with E-state index in [0.29, 0.717) is 23.4 Å². The molecule has 0 fully saturated rings. The number of hydrogen-bond donors (Lipinski definition) is 1. The van der Waals surface area contributed by atoms with E-state index in [9.17, 15) is 9.59 Å². The first-order chi connectivity index (χ1) is 16.7. The maximum atomic E-state index is 12.7. The lowest BCUT2D eigenvalue weighted by Gasteiger charge is -2.38. The Morgan fingerprint density at radius 3 is 2.47 bits per heavy atom. The maximum absolute atomic E-state index is 12.7. The summed E-state index contributed by atoms with van der Waals surface area (Å²) in [4.78, 5) is 30.9. The number of benzene rings is 3. The zero-order valence-electron chi connectivity index (χ0n) is 18.2. The number of nitrogens with zero attached hydrogens (tertiary/aromatic N) is 1. The number of carbonyl (C=O) groups is 2. The number of nitrogens with one attached hydrogen (secondary N) is 1. The van der Waals surface area contributed by atoms with E-state index >= 15 is 0 Å². The molecule has 1 aromatic heterocycles. The van der Waals surface area contributed by atoms with Gasteiger partial charge in [-0.2, -0.15) is 0 Å². The van der Waals surface area contributed by atoms with E-state index in [0.717, 1.165) is 28.8 Å². The van der Waals surface area contributed by atoms with Gasteiger partial charge in [-0.1, -0.05) is 54.6 Å². The number of aromatic nitrogens is 1. The minimum absolute atomic E-state index is 0.289. The highest BCUT2D eigenvalue weighted by Gasteiger charge is 2.43. The first-order valence-corrected chi connectivity index (χ1v) is 11.4. The Labute approximate surface area is 195 Å². The summed E-state index contributed by atoms with van der Waals surface area (Å²) in [5.41, 5.74) is 6.12. The van der Waals surface area contributed by atoms with Gasteiger partial charge in [-0.15, -0.1) is 0 Å². The molecule has 1 N–H and O–H groups in total. The average molecular weight is 448 g/mol. The van der Waals surface area contributed by atoms with E-state index in [2.05, 4.69) is 22.0 Å². The molecule has 34 heavy (non-hydrogen) atoms. The molecule has 0 amide bonds. The molecule has 0 aliphatic carbocycles. The van der Waals surface area contributed by atoms with Crippen molar-refractivity contribution in [2.45, 2.75) is 18.6 Å². The van der Waals surface area contributed by atoms with Gasteiger partial charge in [-0.3, -0.25) is 0 Å². The van der Waals surface area contributed by atoms with Crippen LogP contribution in [0.5, 0.6) is 0 Å². The Morgan fingerprint density at radius 1 is 0.853 bits per heavy atom. The summed E-state index contributed by atoms with van der Waals surface area (Å²) in [6.45, 7) is 0.693. The Hall–Kier alpha value is -4.32. The van der Waals surface area contributed by atoms with Gasteiger partial charge in [0.05, 0.1) is 11.1 Å². The van der Waals surface area contributed by atoms with Crippen LogP contribution in [-0.2, 0) is 15.9 Å². The lowest BCUT2D eigenvalue weighted by molar-refractivity contribution is 0.0126. The molecule has 2 atom stereocenters. The summed E-state index contributed by atoms with van der Waals surface area (Å²) in [5.74, 6) is -0.142. The number of aromatic amines is 1. The minimum atomic E-state index is -0.486. The van der Waals surface area contributed by atoms with Gasteiger partial charge in [0.2, 0.25) is 0 Å². The van der Waals surface area contributed by atoms with Crippen molar-refractivity contribution in [3.05, 3.63) is 113 Å². The molecule has 7 rings (SSSR count). The highest BCUT2D eigenvalue weighted by molar-refractivity contribution is 6.02. The van der Waals surface area contributed by atoms with Crippen LogP contribution in [0.3, 0.4) is 0 Å². The van der Waals surface area contributed by atoms with Crippen molar-refractivity contribution in [2.75, 3.05) is 6.54 Å². The first-order valence-electron chi connectivity index (χ1n) is 11.4. The highest BCUT2D eigenvalue weighted by atomic mass is 16.6. The molecule has 6 heteroatoms. The van der Waals surface area contributed by atoms with Crippen LogP contribution in [0.4, 0.5) is 0 Å². The zero-order valence-corrected chi connectivity index (χ0v) is 18.2. The Morgan fingerprint density at radius 2 is 1.59 bits per heavy atom. The van der Waals surface area contributed by atoms with E-state index in [1.807, 2.05) is 60.8 Å². The number of cyclic esters (lactones) is 2. The average Bonchev–Trinajstić information content (AvgIpc) is 3.51. The van der Waals surface area contributed by atoms with Crippen molar-refractivity contribution >= 4 is 28.6 Å². The van der Waals surface area contributed by atoms with Crippen LogP contribution >= 0.6 is 0 Å². The maximum Gasteiger partial charge on any atom is 0.344 e. The third kappa shape index (κ3) is 2.68. The Bertz CT molecular complexity index is 1530.